The lowest BCUT2D eigenvalue weighted by atomic mass is 9.82. The minimum absolute atomic E-state index is 0.151. The summed E-state index contributed by atoms with van der Waals surface area (Å²) in [6, 6.07) is 2.64. The lowest BCUT2D eigenvalue weighted by molar-refractivity contribution is -0.134. The Morgan fingerprint density at radius 2 is 1.93 bits per heavy atom. The van der Waals surface area contributed by atoms with Gasteiger partial charge in [-0.25, -0.2) is 4.98 Å². The summed E-state index contributed by atoms with van der Waals surface area (Å²) in [4.78, 5) is 22.1. The Hall–Kier alpha value is -2.13. The lowest BCUT2D eigenvalue weighted by Gasteiger charge is -2.41. The van der Waals surface area contributed by atoms with Crippen LogP contribution in [0.15, 0.2) is 0 Å². The van der Waals surface area contributed by atoms with Gasteiger partial charge in [0.1, 0.15) is 11.9 Å². The minimum Gasteiger partial charge on any atom is -0.376 e. The van der Waals surface area contributed by atoms with Crippen molar-refractivity contribution in [3.63, 3.8) is 0 Å². The van der Waals surface area contributed by atoms with Crippen molar-refractivity contribution in [3.05, 3.63) is 22.4 Å². The van der Waals surface area contributed by atoms with Crippen molar-refractivity contribution >= 4 is 11.7 Å². The molecule has 1 amide bonds. The molecule has 5 rings (SSSR count). The number of pyridine rings is 1. The van der Waals surface area contributed by atoms with Crippen LogP contribution in [0.25, 0.3) is 0 Å². The third-order valence-corrected chi connectivity index (χ3v) is 7.41. The SMILES string of the molecule is CC1CN(c2nc(C3CCCCC3)c3c(c2C#N)CCOC3)CCN1C(=O)C1CC1. The number of carbonyl (C=O) groups is 1. The molecular formula is C24H32N4O2. The van der Waals surface area contributed by atoms with E-state index in [0.29, 0.717) is 25.0 Å². The number of piperazine rings is 1. The van der Waals surface area contributed by atoms with E-state index in [1.54, 1.807) is 0 Å². The number of amides is 1. The summed E-state index contributed by atoms with van der Waals surface area (Å²) < 4.78 is 5.79. The smallest absolute Gasteiger partial charge is 0.226 e. The van der Waals surface area contributed by atoms with Crippen molar-refractivity contribution in [1.29, 1.82) is 5.26 Å². The van der Waals surface area contributed by atoms with Crippen molar-refractivity contribution in [1.82, 2.24) is 9.88 Å². The molecule has 0 N–H and O–H groups in total. The molecule has 0 bridgehead atoms. The molecule has 2 aliphatic carbocycles. The molecule has 1 saturated heterocycles. The van der Waals surface area contributed by atoms with Gasteiger partial charge in [-0.3, -0.25) is 4.79 Å². The lowest BCUT2D eigenvalue weighted by Crippen LogP contribution is -2.55. The van der Waals surface area contributed by atoms with Crippen molar-refractivity contribution < 1.29 is 9.53 Å². The Balaban J connectivity index is 1.48. The molecule has 3 fully saturated rings. The maximum Gasteiger partial charge on any atom is 0.226 e. The van der Waals surface area contributed by atoms with Crippen LogP contribution in [0, 0.1) is 17.2 Å². The maximum atomic E-state index is 12.6. The standard InChI is InChI=1S/C24H32N4O2/c1-16-14-27(10-11-28(16)24(29)18-7-8-18)23-20(13-25)19-9-12-30-15-21(19)22(26-23)17-5-3-2-4-6-17/h16-18H,2-12,14-15H2,1H3. The van der Waals surface area contributed by atoms with Crippen molar-refractivity contribution in [2.45, 2.75) is 76.9 Å². The number of anilines is 1. The first-order valence-corrected chi connectivity index (χ1v) is 11.8. The van der Waals surface area contributed by atoms with Gasteiger partial charge in [0.15, 0.2) is 0 Å². The Morgan fingerprint density at radius 1 is 1.13 bits per heavy atom. The second-order valence-electron chi connectivity index (χ2n) is 9.50. The van der Waals surface area contributed by atoms with Crippen LogP contribution in [0.2, 0.25) is 0 Å². The van der Waals surface area contributed by atoms with Crippen LogP contribution in [-0.2, 0) is 22.6 Å². The van der Waals surface area contributed by atoms with Crippen LogP contribution in [0.4, 0.5) is 5.82 Å². The molecular weight excluding hydrogens is 376 g/mol. The van der Waals surface area contributed by atoms with Gasteiger partial charge >= 0.3 is 0 Å². The summed E-state index contributed by atoms with van der Waals surface area (Å²) in [5, 5.41) is 10.1. The van der Waals surface area contributed by atoms with E-state index >= 15 is 0 Å². The monoisotopic (exact) mass is 408 g/mol. The highest BCUT2D eigenvalue weighted by atomic mass is 16.5. The van der Waals surface area contributed by atoms with Gasteiger partial charge in [-0.1, -0.05) is 19.3 Å². The third kappa shape index (κ3) is 3.58. The molecule has 0 spiro atoms. The van der Waals surface area contributed by atoms with Crippen molar-refractivity contribution in [2.75, 3.05) is 31.1 Å². The van der Waals surface area contributed by atoms with E-state index in [0.717, 1.165) is 50.3 Å². The third-order valence-electron chi connectivity index (χ3n) is 7.41. The molecule has 2 aliphatic heterocycles. The predicted octanol–water partition coefficient (Wildman–Crippen LogP) is 3.52. The van der Waals surface area contributed by atoms with Gasteiger partial charge in [-0.2, -0.15) is 5.26 Å². The first-order chi connectivity index (χ1) is 14.7. The molecule has 6 nitrogen and oxygen atoms in total. The number of aromatic nitrogens is 1. The van der Waals surface area contributed by atoms with Crippen LogP contribution in [0.1, 0.15) is 80.2 Å². The summed E-state index contributed by atoms with van der Waals surface area (Å²) >= 11 is 0. The number of ether oxygens (including phenoxy) is 1. The van der Waals surface area contributed by atoms with Gasteiger partial charge < -0.3 is 14.5 Å². The highest BCUT2D eigenvalue weighted by Crippen LogP contribution is 2.39. The van der Waals surface area contributed by atoms with Crippen LogP contribution >= 0.6 is 0 Å². The molecule has 3 heterocycles. The van der Waals surface area contributed by atoms with Gasteiger partial charge in [-0.15, -0.1) is 0 Å². The topological polar surface area (TPSA) is 69.5 Å². The quantitative estimate of drug-likeness (QED) is 0.765. The molecule has 0 radical (unpaired) electrons. The van der Waals surface area contributed by atoms with Gasteiger partial charge in [0.2, 0.25) is 5.91 Å². The molecule has 30 heavy (non-hydrogen) atoms. The van der Waals surface area contributed by atoms with Crippen molar-refractivity contribution in [2.24, 2.45) is 5.92 Å². The number of nitriles is 1. The van der Waals surface area contributed by atoms with Gasteiger partial charge in [0, 0.05) is 43.1 Å². The molecule has 1 atom stereocenters. The fourth-order valence-electron chi connectivity index (χ4n) is 5.57. The normalized spacial score (nSPS) is 25.0. The number of fused-ring (bicyclic) bond motifs is 1. The average molecular weight is 409 g/mol. The maximum absolute atomic E-state index is 12.6. The zero-order chi connectivity index (χ0) is 20.7. The van der Waals surface area contributed by atoms with E-state index in [1.165, 1.54) is 48.9 Å². The predicted molar refractivity (Wildman–Crippen MR) is 114 cm³/mol. The van der Waals surface area contributed by atoms with Crippen LogP contribution in [0.5, 0.6) is 0 Å². The Morgan fingerprint density at radius 3 is 2.63 bits per heavy atom. The van der Waals surface area contributed by atoms with E-state index in [9.17, 15) is 10.1 Å². The van der Waals surface area contributed by atoms with E-state index in [2.05, 4.69) is 22.8 Å². The fraction of sp³-hybridized carbons (Fsp3) is 0.708. The minimum atomic E-state index is 0.151. The average Bonchev–Trinajstić information content (AvgIpc) is 3.63. The molecule has 1 aromatic heterocycles. The van der Waals surface area contributed by atoms with E-state index in [4.69, 9.17) is 9.72 Å². The summed E-state index contributed by atoms with van der Waals surface area (Å²) in [6.07, 6.45) is 9.09. The Kier molecular flexibility index (Phi) is 5.41. The zero-order valence-corrected chi connectivity index (χ0v) is 18.0. The van der Waals surface area contributed by atoms with Crippen LogP contribution in [-0.4, -0.2) is 48.1 Å². The number of rotatable bonds is 3. The highest BCUT2D eigenvalue weighted by Gasteiger charge is 2.38. The Labute approximate surface area is 179 Å². The zero-order valence-electron chi connectivity index (χ0n) is 18.0. The number of hydrogen-bond donors (Lipinski definition) is 0. The summed E-state index contributed by atoms with van der Waals surface area (Å²) in [5.74, 6) is 1.91. The number of hydrogen-bond acceptors (Lipinski definition) is 5. The van der Waals surface area contributed by atoms with Gasteiger partial charge in [0.25, 0.3) is 0 Å². The van der Waals surface area contributed by atoms with Gasteiger partial charge in [0.05, 0.1) is 24.5 Å². The van der Waals surface area contributed by atoms with E-state index in [1.807, 2.05) is 0 Å². The molecule has 0 aromatic carbocycles. The first-order valence-electron chi connectivity index (χ1n) is 11.8. The first kappa shape index (κ1) is 19.8. The van der Waals surface area contributed by atoms with Gasteiger partial charge in [-0.05, 0) is 44.6 Å². The molecule has 1 aromatic rings. The summed E-state index contributed by atoms with van der Waals surface area (Å²) in [6.45, 7) is 5.62. The van der Waals surface area contributed by atoms with E-state index < -0.39 is 0 Å². The van der Waals surface area contributed by atoms with Crippen LogP contribution in [0.3, 0.4) is 0 Å². The molecule has 2 saturated carbocycles. The fourth-order valence-corrected chi connectivity index (χ4v) is 5.57. The van der Waals surface area contributed by atoms with Crippen molar-refractivity contribution in [3.8, 4) is 6.07 Å². The number of carbonyl (C=O) groups excluding carboxylic acids is 1. The summed E-state index contributed by atoms with van der Waals surface area (Å²) in [7, 11) is 0. The molecule has 160 valence electrons. The number of nitrogens with zero attached hydrogens (tertiary/aromatic N) is 4. The summed E-state index contributed by atoms with van der Waals surface area (Å²) in [5.41, 5.74) is 4.27. The second kappa shape index (κ2) is 8.19. The second-order valence-corrected chi connectivity index (χ2v) is 9.50. The largest absolute Gasteiger partial charge is 0.376 e. The Bertz CT molecular complexity index is 867. The molecule has 4 aliphatic rings. The molecule has 1 unspecified atom stereocenters. The molecule has 6 heteroatoms. The van der Waals surface area contributed by atoms with E-state index in [-0.39, 0.29) is 12.0 Å². The highest BCUT2D eigenvalue weighted by molar-refractivity contribution is 5.81. The van der Waals surface area contributed by atoms with Crippen LogP contribution < -0.4 is 4.90 Å².